The molecule has 0 rings (SSSR count). The monoisotopic (exact) mass is 215 g/mol. The first-order chi connectivity index (χ1) is 5.88. The van der Waals surface area contributed by atoms with Crippen LogP contribution in [0.2, 0.25) is 0 Å². The number of nitrogens with one attached hydrogen (secondary N) is 1. The second-order valence-corrected chi connectivity index (χ2v) is 3.64. The number of hydrogen-bond donors (Lipinski definition) is 1. The molecule has 1 atom stereocenters. The predicted octanol–water partition coefficient (Wildman–Crippen LogP) is 1.81. The van der Waals surface area contributed by atoms with Gasteiger partial charge in [-0.25, -0.2) is 0 Å². The average Bonchev–Trinajstić information content (AvgIpc) is 1.99. The van der Waals surface area contributed by atoms with E-state index in [0.29, 0.717) is 6.42 Å². The van der Waals surface area contributed by atoms with Crippen LogP contribution in [0.15, 0.2) is 0 Å². The van der Waals surface area contributed by atoms with Crippen molar-refractivity contribution in [2.45, 2.75) is 25.6 Å². The van der Waals surface area contributed by atoms with Crippen LogP contribution < -0.4 is 5.32 Å². The molecule has 0 bridgehead atoms. The lowest BCUT2D eigenvalue weighted by molar-refractivity contribution is -0.174. The SMILES string of the molecule is CSCCC(C)NC(=O)C(F)(F)F. The molecule has 0 saturated heterocycles. The Labute approximate surface area is 79.3 Å². The molecule has 0 aromatic rings. The van der Waals surface area contributed by atoms with E-state index in [9.17, 15) is 18.0 Å². The second-order valence-electron chi connectivity index (χ2n) is 2.65. The Kier molecular flexibility index (Phi) is 5.20. The Hall–Kier alpha value is -0.390. The van der Waals surface area contributed by atoms with E-state index in [4.69, 9.17) is 0 Å². The van der Waals surface area contributed by atoms with E-state index in [1.54, 1.807) is 6.92 Å². The summed E-state index contributed by atoms with van der Waals surface area (Å²) >= 11 is 1.53. The third kappa shape index (κ3) is 5.79. The first-order valence-corrected chi connectivity index (χ1v) is 5.14. The fourth-order valence-electron chi connectivity index (χ4n) is 0.672. The van der Waals surface area contributed by atoms with Crippen LogP contribution in [0.25, 0.3) is 0 Å². The zero-order valence-electron chi connectivity index (χ0n) is 7.44. The van der Waals surface area contributed by atoms with Crippen LogP contribution in [0, 0.1) is 0 Å². The molecular weight excluding hydrogens is 203 g/mol. The highest BCUT2D eigenvalue weighted by Gasteiger charge is 2.38. The summed E-state index contributed by atoms with van der Waals surface area (Å²) in [6.07, 6.45) is -2.37. The first kappa shape index (κ1) is 12.6. The number of alkyl halides is 3. The van der Waals surface area contributed by atoms with Crippen molar-refractivity contribution in [2.75, 3.05) is 12.0 Å². The highest BCUT2D eigenvalue weighted by Crippen LogP contribution is 2.14. The van der Waals surface area contributed by atoms with E-state index >= 15 is 0 Å². The van der Waals surface area contributed by atoms with E-state index in [2.05, 4.69) is 0 Å². The molecule has 13 heavy (non-hydrogen) atoms. The molecule has 1 N–H and O–H groups in total. The quantitative estimate of drug-likeness (QED) is 0.774. The van der Waals surface area contributed by atoms with Crippen molar-refractivity contribution in [3.8, 4) is 0 Å². The maximum atomic E-state index is 11.7. The summed E-state index contributed by atoms with van der Waals surface area (Å²) in [5, 5.41) is 1.88. The molecule has 0 aliphatic carbocycles. The molecule has 0 spiro atoms. The van der Waals surface area contributed by atoms with Crippen molar-refractivity contribution in [3.63, 3.8) is 0 Å². The molecule has 1 amide bonds. The van der Waals surface area contributed by atoms with Crippen molar-refractivity contribution in [1.29, 1.82) is 0 Å². The largest absolute Gasteiger partial charge is 0.471 e. The zero-order valence-corrected chi connectivity index (χ0v) is 8.26. The Morgan fingerprint density at radius 1 is 1.54 bits per heavy atom. The van der Waals surface area contributed by atoms with Gasteiger partial charge in [0.1, 0.15) is 0 Å². The topological polar surface area (TPSA) is 29.1 Å². The smallest absolute Gasteiger partial charge is 0.346 e. The lowest BCUT2D eigenvalue weighted by Gasteiger charge is -2.14. The predicted molar refractivity (Wildman–Crippen MR) is 46.7 cm³/mol. The van der Waals surface area contributed by atoms with Crippen molar-refractivity contribution in [1.82, 2.24) is 5.32 Å². The average molecular weight is 215 g/mol. The van der Waals surface area contributed by atoms with Gasteiger partial charge in [-0.15, -0.1) is 0 Å². The van der Waals surface area contributed by atoms with Gasteiger partial charge in [0.15, 0.2) is 0 Å². The van der Waals surface area contributed by atoms with Gasteiger partial charge in [-0.1, -0.05) is 0 Å². The van der Waals surface area contributed by atoms with Crippen molar-refractivity contribution < 1.29 is 18.0 Å². The molecule has 0 heterocycles. The summed E-state index contributed by atoms with van der Waals surface area (Å²) in [5.41, 5.74) is 0. The molecule has 78 valence electrons. The highest BCUT2D eigenvalue weighted by atomic mass is 32.2. The number of hydrogen-bond acceptors (Lipinski definition) is 2. The van der Waals surface area contributed by atoms with E-state index in [-0.39, 0.29) is 0 Å². The van der Waals surface area contributed by atoms with E-state index in [0.717, 1.165) is 5.75 Å². The van der Waals surface area contributed by atoms with Crippen LogP contribution in [0.1, 0.15) is 13.3 Å². The van der Waals surface area contributed by atoms with Crippen LogP contribution in [0.5, 0.6) is 0 Å². The van der Waals surface area contributed by atoms with Gasteiger partial charge in [0.25, 0.3) is 0 Å². The van der Waals surface area contributed by atoms with Gasteiger partial charge < -0.3 is 5.32 Å². The Morgan fingerprint density at radius 2 is 2.08 bits per heavy atom. The van der Waals surface area contributed by atoms with Crippen molar-refractivity contribution in [2.24, 2.45) is 0 Å². The Morgan fingerprint density at radius 3 is 2.46 bits per heavy atom. The lowest BCUT2D eigenvalue weighted by atomic mass is 10.2. The zero-order chi connectivity index (χ0) is 10.5. The van der Waals surface area contributed by atoms with E-state index in [1.165, 1.54) is 11.8 Å². The molecule has 6 heteroatoms. The van der Waals surface area contributed by atoms with E-state index in [1.807, 2.05) is 11.6 Å². The molecule has 0 saturated carbocycles. The molecule has 0 fully saturated rings. The number of rotatable bonds is 4. The fraction of sp³-hybridized carbons (Fsp3) is 0.857. The summed E-state index contributed by atoms with van der Waals surface area (Å²) in [4.78, 5) is 10.4. The first-order valence-electron chi connectivity index (χ1n) is 3.74. The summed E-state index contributed by atoms with van der Waals surface area (Å²) in [7, 11) is 0. The maximum absolute atomic E-state index is 11.7. The molecule has 0 radical (unpaired) electrons. The minimum Gasteiger partial charge on any atom is -0.346 e. The van der Waals surface area contributed by atoms with Gasteiger partial charge in [-0.3, -0.25) is 4.79 Å². The normalized spacial score (nSPS) is 13.9. The third-order valence-electron chi connectivity index (χ3n) is 1.39. The second kappa shape index (κ2) is 5.36. The number of carbonyl (C=O) groups is 1. The fourth-order valence-corrected chi connectivity index (χ4v) is 1.26. The van der Waals surface area contributed by atoms with Gasteiger partial charge in [-0.05, 0) is 25.4 Å². The molecule has 0 aliphatic heterocycles. The van der Waals surface area contributed by atoms with Gasteiger partial charge in [0.2, 0.25) is 0 Å². The molecule has 1 unspecified atom stereocenters. The van der Waals surface area contributed by atoms with Crippen LogP contribution in [0.4, 0.5) is 13.2 Å². The van der Waals surface area contributed by atoms with Gasteiger partial charge in [-0.2, -0.15) is 24.9 Å². The molecular formula is C7H12F3NOS. The van der Waals surface area contributed by atoms with Crippen molar-refractivity contribution in [3.05, 3.63) is 0 Å². The summed E-state index contributed by atoms with van der Waals surface area (Å²) < 4.78 is 35.1. The van der Waals surface area contributed by atoms with Gasteiger partial charge >= 0.3 is 12.1 Å². The number of carbonyl (C=O) groups excluding carboxylic acids is 1. The Bertz CT molecular complexity index is 172. The highest BCUT2D eigenvalue weighted by molar-refractivity contribution is 7.98. The minimum absolute atomic E-state index is 0.429. The number of amides is 1. The third-order valence-corrected chi connectivity index (χ3v) is 2.03. The van der Waals surface area contributed by atoms with Gasteiger partial charge in [0.05, 0.1) is 0 Å². The number of halogens is 3. The summed E-state index contributed by atoms with van der Waals surface area (Å²) in [5.74, 6) is -1.12. The molecule has 0 aromatic carbocycles. The molecule has 0 aromatic heterocycles. The van der Waals surface area contributed by atoms with Crippen molar-refractivity contribution >= 4 is 17.7 Å². The maximum Gasteiger partial charge on any atom is 0.471 e. The number of thioether (sulfide) groups is 1. The van der Waals surface area contributed by atoms with Crippen LogP contribution in [-0.2, 0) is 4.79 Å². The minimum atomic E-state index is -4.77. The van der Waals surface area contributed by atoms with Crippen LogP contribution in [0.3, 0.4) is 0 Å². The lowest BCUT2D eigenvalue weighted by Crippen LogP contribution is -2.42. The summed E-state index contributed by atoms with van der Waals surface area (Å²) in [6, 6.07) is -0.429. The van der Waals surface area contributed by atoms with Crippen LogP contribution in [-0.4, -0.2) is 30.1 Å². The Balaban J connectivity index is 3.79. The van der Waals surface area contributed by atoms with Crippen LogP contribution >= 0.6 is 11.8 Å². The summed E-state index contributed by atoms with van der Waals surface area (Å²) in [6.45, 7) is 1.56. The molecule has 0 aliphatic rings. The molecule has 2 nitrogen and oxygen atoms in total. The van der Waals surface area contributed by atoms with E-state index < -0.39 is 18.1 Å². The standard InChI is InChI=1S/C7H12F3NOS/c1-5(3-4-13-2)11-6(12)7(8,9)10/h5H,3-4H2,1-2H3,(H,11,12). The van der Waals surface area contributed by atoms with Gasteiger partial charge in [0, 0.05) is 6.04 Å².